The van der Waals surface area contributed by atoms with E-state index in [-0.39, 0.29) is 11.9 Å². The Kier molecular flexibility index (Phi) is 3.51. The maximum Gasteiger partial charge on any atom is 0.522 e. The first-order valence-electron chi connectivity index (χ1n) is 4.30. The molecule has 0 radical (unpaired) electrons. The Morgan fingerprint density at radius 2 is 1.93 bits per heavy atom. The van der Waals surface area contributed by atoms with Gasteiger partial charge in [-0.3, -0.25) is 0 Å². The predicted molar refractivity (Wildman–Crippen MR) is 60.4 cm³/mol. The van der Waals surface area contributed by atoms with Gasteiger partial charge in [-0.2, -0.15) is 4.99 Å². The van der Waals surface area contributed by atoms with Crippen molar-refractivity contribution in [2.24, 2.45) is 17.2 Å². The first kappa shape index (κ1) is 11.3. The van der Waals surface area contributed by atoms with E-state index in [1.54, 1.807) is 6.07 Å². The Morgan fingerprint density at radius 3 is 2.53 bits per heavy atom. The van der Waals surface area contributed by atoms with Crippen LogP contribution in [0.1, 0.15) is 5.56 Å². The fourth-order valence-corrected chi connectivity index (χ4v) is 1.25. The van der Waals surface area contributed by atoms with Gasteiger partial charge in [-0.15, -0.1) is 4.99 Å². The molecule has 0 unspecified atom stereocenters. The quantitative estimate of drug-likeness (QED) is 0.261. The highest BCUT2D eigenvalue weighted by Gasteiger charge is 2.08. The zero-order valence-electron chi connectivity index (χ0n) is 8.34. The van der Waals surface area contributed by atoms with Gasteiger partial charge in [0.25, 0.3) is 5.96 Å². The third-order valence-electron chi connectivity index (χ3n) is 1.82. The maximum absolute atomic E-state index is 5.94. The minimum atomic E-state index is 0.0275. The van der Waals surface area contributed by atoms with Crippen LogP contribution in [0.2, 0.25) is 5.02 Å². The summed E-state index contributed by atoms with van der Waals surface area (Å²) in [4.78, 5) is 5.45. The molecule has 5 nitrogen and oxygen atoms in total. The number of nitrogens with one attached hydrogen (secondary N) is 2. The number of hydrogen-bond donors (Lipinski definition) is 5. The van der Waals surface area contributed by atoms with Crippen LogP contribution in [0.3, 0.4) is 0 Å². The zero-order chi connectivity index (χ0) is 11.4. The van der Waals surface area contributed by atoms with Gasteiger partial charge in [0.1, 0.15) is 0 Å². The second-order valence-electron chi connectivity index (χ2n) is 3.03. The number of hydrogen-bond acceptors (Lipinski definition) is 0. The molecule has 0 atom stereocenters. The third-order valence-corrected chi connectivity index (χ3v) is 2.23. The van der Waals surface area contributed by atoms with Crippen molar-refractivity contribution in [3.63, 3.8) is 0 Å². The average molecular weight is 228 g/mol. The van der Waals surface area contributed by atoms with Crippen molar-refractivity contribution in [3.8, 4) is 0 Å². The number of rotatable bonds is 1. The number of nitrogens with two attached hydrogens (primary N) is 3. The summed E-state index contributed by atoms with van der Waals surface area (Å²) in [7, 11) is 0. The Labute approximate surface area is 92.6 Å². The highest BCUT2D eigenvalue weighted by atomic mass is 35.5. The first-order valence-corrected chi connectivity index (χ1v) is 4.68. The van der Waals surface area contributed by atoms with Gasteiger partial charge in [0.05, 0.1) is 0 Å². The molecule has 0 aromatic heterocycles. The molecule has 1 aromatic carbocycles. The maximum atomic E-state index is 5.94. The lowest BCUT2D eigenvalue weighted by Crippen LogP contribution is -2.96. The van der Waals surface area contributed by atoms with Crippen LogP contribution in [0.15, 0.2) is 18.2 Å². The molecule has 1 aromatic rings. The summed E-state index contributed by atoms with van der Waals surface area (Å²) in [5.74, 6) is 0.278. The Hall–Kier alpha value is -1.75. The SMILES string of the molecule is Cc1c(Cl)cccc1[NH+]=C(N)[NH+]=C(N)N. The molecule has 0 saturated carbocycles. The Morgan fingerprint density at radius 1 is 1.27 bits per heavy atom. The fraction of sp³-hybridized carbons (Fsp3) is 0.111. The standard InChI is InChI=1S/C9H12ClN5/c1-5-6(10)3-2-4-7(5)14-9(13)15-8(11)12/h2-4H,1H3,(H6,11,12,13,14,15)/p+2. The lowest BCUT2D eigenvalue weighted by Gasteiger charge is -1.97. The summed E-state index contributed by atoms with van der Waals surface area (Å²) in [5, 5.41) is 0.664. The molecule has 6 heteroatoms. The molecule has 0 bridgehead atoms. The zero-order valence-corrected chi connectivity index (χ0v) is 9.10. The minimum absolute atomic E-state index is 0.0275. The topological polar surface area (TPSA) is 106 Å². The van der Waals surface area contributed by atoms with E-state index < -0.39 is 0 Å². The molecular weight excluding hydrogens is 214 g/mol. The molecule has 0 aliphatic heterocycles. The molecule has 0 aliphatic rings. The van der Waals surface area contributed by atoms with E-state index in [0.717, 1.165) is 11.3 Å². The molecule has 0 aliphatic carbocycles. The molecule has 0 heterocycles. The third kappa shape index (κ3) is 3.14. The van der Waals surface area contributed by atoms with E-state index in [9.17, 15) is 0 Å². The minimum Gasteiger partial charge on any atom is -0.345 e. The van der Waals surface area contributed by atoms with E-state index in [0.29, 0.717) is 5.02 Å². The number of guanidine groups is 2. The van der Waals surface area contributed by atoms with Gasteiger partial charge in [0, 0.05) is 10.6 Å². The Balaban J connectivity index is 3.09. The second kappa shape index (κ2) is 4.65. The van der Waals surface area contributed by atoms with Gasteiger partial charge in [-0.05, 0) is 19.1 Å². The van der Waals surface area contributed by atoms with Gasteiger partial charge in [0.2, 0.25) is 0 Å². The van der Waals surface area contributed by atoms with Gasteiger partial charge >= 0.3 is 5.96 Å². The predicted octanol–water partition coefficient (Wildman–Crippen LogP) is -2.97. The summed E-state index contributed by atoms with van der Waals surface area (Å²) in [5.41, 5.74) is 17.8. The van der Waals surface area contributed by atoms with Crippen molar-refractivity contribution in [1.29, 1.82) is 0 Å². The molecule has 8 N–H and O–H groups in total. The highest BCUT2D eigenvalue weighted by Crippen LogP contribution is 2.18. The molecule has 80 valence electrons. The van der Waals surface area contributed by atoms with Crippen LogP contribution in [0.25, 0.3) is 0 Å². The van der Waals surface area contributed by atoms with E-state index >= 15 is 0 Å². The molecule has 0 saturated heterocycles. The van der Waals surface area contributed by atoms with E-state index in [1.807, 2.05) is 19.1 Å². The summed E-state index contributed by atoms with van der Waals surface area (Å²) in [6.07, 6.45) is 0. The second-order valence-corrected chi connectivity index (χ2v) is 3.44. The van der Waals surface area contributed by atoms with Crippen LogP contribution in [0.4, 0.5) is 5.69 Å². The summed E-state index contributed by atoms with van der Waals surface area (Å²) < 4.78 is 0. The summed E-state index contributed by atoms with van der Waals surface area (Å²) in [6, 6.07) is 5.47. The smallest absolute Gasteiger partial charge is 0.345 e. The van der Waals surface area contributed by atoms with Gasteiger partial charge in [0.15, 0.2) is 5.69 Å². The molecule has 15 heavy (non-hydrogen) atoms. The van der Waals surface area contributed by atoms with Crippen molar-refractivity contribution in [2.75, 3.05) is 0 Å². The fourth-order valence-electron chi connectivity index (χ4n) is 1.07. The largest absolute Gasteiger partial charge is 0.522 e. The summed E-state index contributed by atoms with van der Waals surface area (Å²) in [6.45, 7) is 1.88. The van der Waals surface area contributed by atoms with Crippen molar-refractivity contribution in [2.45, 2.75) is 6.92 Å². The van der Waals surface area contributed by atoms with Crippen LogP contribution in [0.5, 0.6) is 0 Å². The van der Waals surface area contributed by atoms with E-state index in [4.69, 9.17) is 28.8 Å². The molecular formula is C9H14ClN5+2. The average Bonchev–Trinajstić information content (AvgIpc) is 2.11. The highest BCUT2D eigenvalue weighted by molar-refractivity contribution is 6.31. The lowest BCUT2D eigenvalue weighted by atomic mass is 10.2. The van der Waals surface area contributed by atoms with Crippen LogP contribution < -0.4 is 27.2 Å². The lowest BCUT2D eigenvalue weighted by molar-refractivity contribution is -0.459. The first-order chi connectivity index (χ1) is 7.00. The van der Waals surface area contributed by atoms with Crippen molar-refractivity contribution < 1.29 is 9.98 Å². The van der Waals surface area contributed by atoms with Gasteiger partial charge in [-0.1, -0.05) is 17.7 Å². The molecule has 0 fully saturated rings. The number of benzene rings is 1. The molecule has 0 amide bonds. The normalized spacial score (nSPS) is 11.2. The van der Waals surface area contributed by atoms with Crippen LogP contribution >= 0.6 is 11.6 Å². The van der Waals surface area contributed by atoms with E-state index in [2.05, 4.69) is 9.98 Å². The van der Waals surface area contributed by atoms with Crippen molar-refractivity contribution in [3.05, 3.63) is 28.8 Å². The molecule has 0 spiro atoms. The van der Waals surface area contributed by atoms with Gasteiger partial charge in [-0.25, -0.2) is 5.73 Å². The summed E-state index contributed by atoms with van der Waals surface area (Å²) >= 11 is 5.94. The molecule has 1 rings (SSSR count). The van der Waals surface area contributed by atoms with Crippen LogP contribution in [-0.4, -0.2) is 11.9 Å². The monoisotopic (exact) mass is 227 g/mol. The van der Waals surface area contributed by atoms with Crippen LogP contribution in [-0.2, 0) is 0 Å². The number of halogens is 1. The van der Waals surface area contributed by atoms with Gasteiger partial charge < -0.3 is 11.5 Å². The Bertz CT molecular complexity index is 421. The van der Waals surface area contributed by atoms with E-state index in [1.165, 1.54) is 0 Å². The van der Waals surface area contributed by atoms with Crippen LogP contribution in [0, 0.1) is 6.92 Å². The van der Waals surface area contributed by atoms with Crippen molar-refractivity contribution >= 4 is 29.2 Å². The van der Waals surface area contributed by atoms with Crippen molar-refractivity contribution in [1.82, 2.24) is 0 Å².